The third-order valence-corrected chi connectivity index (χ3v) is 8.58. The molecule has 7 nitrogen and oxygen atoms in total. The Bertz CT molecular complexity index is 1460. The molecule has 2 aliphatic rings. The second kappa shape index (κ2) is 11.8. The van der Waals surface area contributed by atoms with Crippen LogP contribution >= 0.6 is 23.2 Å². The topological polar surface area (TPSA) is 73.0 Å². The van der Waals surface area contributed by atoms with Crippen molar-refractivity contribution in [3.05, 3.63) is 100 Å². The monoisotopic (exact) mass is 585 g/mol. The number of rotatable bonds is 7. The van der Waals surface area contributed by atoms with Crippen molar-refractivity contribution in [1.82, 2.24) is 9.80 Å². The minimum absolute atomic E-state index is 0.0684. The number of fused-ring (bicyclic) bond motifs is 1. The molecule has 5 rings (SSSR count). The molecule has 0 aliphatic carbocycles. The summed E-state index contributed by atoms with van der Waals surface area (Å²) >= 11 is 12.5. The number of amides is 1. The maximum Gasteiger partial charge on any atom is 0.240 e. The first-order chi connectivity index (χ1) is 18.7. The number of hydrogen-bond acceptors (Lipinski definition) is 5. The molecule has 1 saturated heterocycles. The van der Waals surface area contributed by atoms with Crippen LogP contribution in [-0.4, -0.2) is 62.6 Å². The van der Waals surface area contributed by atoms with E-state index >= 15 is 0 Å². The minimum Gasteiger partial charge on any atom is -0.366 e. The summed E-state index contributed by atoms with van der Waals surface area (Å²) in [6.07, 6.45) is 2.43. The number of benzene rings is 3. The van der Waals surface area contributed by atoms with Gasteiger partial charge in [-0.3, -0.25) is 14.4 Å². The Morgan fingerprint density at radius 2 is 1.62 bits per heavy atom. The number of carbonyl (C=O) groups excluding carboxylic acids is 1. The van der Waals surface area contributed by atoms with Crippen molar-refractivity contribution in [2.75, 3.05) is 42.1 Å². The largest absolute Gasteiger partial charge is 0.366 e. The highest BCUT2D eigenvalue weighted by molar-refractivity contribution is 7.92. The number of nitrogens with one attached hydrogen (secondary N) is 1. The molecule has 0 unspecified atom stereocenters. The van der Waals surface area contributed by atoms with Crippen molar-refractivity contribution in [3.8, 4) is 0 Å². The second-order valence-electron chi connectivity index (χ2n) is 10.00. The molecule has 1 fully saturated rings. The van der Waals surface area contributed by atoms with Gasteiger partial charge in [0.1, 0.15) is 0 Å². The summed E-state index contributed by atoms with van der Waals surface area (Å²) in [4.78, 5) is 20.3. The van der Waals surface area contributed by atoms with Crippen LogP contribution in [0.2, 0.25) is 10.0 Å². The van der Waals surface area contributed by atoms with E-state index in [-0.39, 0.29) is 11.9 Å². The van der Waals surface area contributed by atoms with Crippen LogP contribution in [0, 0.1) is 6.54 Å². The third kappa shape index (κ3) is 6.69. The Labute approximate surface area is 240 Å². The van der Waals surface area contributed by atoms with Gasteiger partial charge in [-0.05, 0) is 53.8 Å². The van der Waals surface area contributed by atoms with Gasteiger partial charge in [0.15, 0.2) is 0 Å². The molecule has 0 saturated carbocycles. The minimum atomic E-state index is -3.41. The fourth-order valence-corrected chi connectivity index (χ4v) is 6.17. The Kier molecular flexibility index (Phi) is 8.38. The molecule has 205 valence electrons. The number of para-hydroxylation sites is 2. The lowest BCUT2D eigenvalue weighted by Crippen LogP contribution is -2.55. The number of carbonyl (C=O) groups is 1. The highest BCUT2D eigenvalue weighted by atomic mass is 35.5. The van der Waals surface area contributed by atoms with E-state index in [1.54, 1.807) is 18.2 Å². The van der Waals surface area contributed by atoms with Crippen LogP contribution in [0.1, 0.15) is 16.7 Å². The van der Waals surface area contributed by atoms with E-state index in [2.05, 4.69) is 33.2 Å². The van der Waals surface area contributed by atoms with Crippen molar-refractivity contribution in [2.24, 2.45) is 0 Å². The van der Waals surface area contributed by atoms with E-state index in [1.165, 1.54) is 11.1 Å². The van der Waals surface area contributed by atoms with Crippen molar-refractivity contribution in [3.63, 3.8) is 0 Å². The van der Waals surface area contributed by atoms with Crippen LogP contribution in [0.3, 0.4) is 0 Å². The molecule has 1 atom stereocenters. The summed E-state index contributed by atoms with van der Waals surface area (Å²) in [7, 11) is -3.41. The van der Waals surface area contributed by atoms with E-state index < -0.39 is 10.0 Å². The zero-order valence-corrected chi connectivity index (χ0v) is 24.0. The second-order valence-corrected chi connectivity index (χ2v) is 12.6. The predicted molar refractivity (Wildman–Crippen MR) is 158 cm³/mol. The zero-order chi connectivity index (χ0) is 27.6. The summed E-state index contributed by atoms with van der Waals surface area (Å²) in [6, 6.07) is 20.8. The first kappa shape index (κ1) is 27.8. The van der Waals surface area contributed by atoms with Gasteiger partial charge >= 0.3 is 0 Å². The fraction of sp³-hybridized carbons (Fsp3) is 0.310. The van der Waals surface area contributed by atoms with Crippen LogP contribution in [0.4, 0.5) is 11.4 Å². The summed E-state index contributed by atoms with van der Waals surface area (Å²) < 4.78 is 26.3. The number of hydrogen-bond donors (Lipinski definition) is 1. The SMILES string of the molecule is CS(=O)(=O)Nc1ccccc1N1CCN(C(=O)[C@@H](Cc2ccc(Cl)c(Cl)c2)N2[CH]Cc3ccccc3C2)CC1. The molecule has 3 aromatic rings. The quantitative estimate of drug-likeness (QED) is 0.429. The molecule has 3 aromatic carbocycles. The first-order valence-electron chi connectivity index (χ1n) is 12.9. The molecule has 1 radical (unpaired) electrons. The van der Waals surface area contributed by atoms with Crippen LogP contribution in [0.15, 0.2) is 66.7 Å². The van der Waals surface area contributed by atoms with Crippen molar-refractivity contribution >= 4 is 50.5 Å². The summed E-state index contributed by atoms with van der Waals surface area (Å²) in [5.74, 6) is 0.0684. The molecular formula is C29H31Cl2N4O3S. The maximum atomic E-state index is 14.1. The van der Waals surface area contributed by atoms with Gasteiger partial charge in [-0.25, -0.2) is 8.42 Å². The number of piperazine rings is 1. The van der Waals surface area contributed by atoms with Gasteiger partial charge in [-0.15, -0.1) is 0 Å². The number of anilines is 2. The van der Waals surface area contributed by atoms with Crippen molar-refractivity contribution < 1.29 is 13.2 Å². The molecule has 10 heteroatoms. The van der Waals surface area contributed by atoms with E-state index in [9.17, 15) is 13.2 Å². The molecule has 2 aliphatic heterocycles. The number of nitrogens with zero attached hydrogens (tertiary/aromatic N) is 3. The average Bonchev–Trinajstić information content (AvgIpc) is 2.92. The third-order valence-electron chi connectivity index (χ3n) is 7.25. The highest BCUT2D eigenvalue weighted by Crippen LogP contribution is 2.30. The summed E-state index contributed by atoms with van der Waals surface area (Å²) in [6.45, 7) is 5.06. The van der Waals surface area contributed by atoms with Crippen molar-refractivity contribution in [1.29, 1.82) is 0 Å². The molecular weight excluding hydrogens is 555 g/mol. The van der Waals surface area contributed by atoms with Gasteiger partial charge in [-0.2, -0.15) is 0 Å². The number of sulfonamides is 1. The van der Waals surface area contributed by atoms with Crippen LogP contribution < -0.4 is 9.62 Å². The summed E-state index contributed by atoms with van der Waals surface area (Å²) in [5.41, 5.74) is 4.81. The molecule has 0 bridgehead atoms. The highest BCUT2D eigenvalue weighted by Gasteiger charge is 2.34. The molecule has 0 spiro atoms. The van der Waals surface area contributed by atoms with E-state index in [0.29, 0.717) is 54.9 Å². The Morgan fingerprint density at radius 1 is 0.923 bits per heavy atom. The zero-order valence-electron chi connectivity index (χ0n) is 21.7. The van der Waals surface area contributed by atoms with Crippen LogP contribution in [-0.2, 0) is 34.2 Å². The van der Waals surface area contributed by atoms with Gasteiger partial charge in [0, 0.05) is 39.3 Å². The van der Waals surface area contributed by atoms with Crippen molar-refractivity contribution in [2.45, 2.75) is 25.4 Å². The van der Waals surface area contributed by atoms with Gasteiger partial charge in [0.2, 0.25) is 15.9 Å². The molecule has 1 amide bonds. The Morgan fingerprint density at radius 3 is 2.33 bits per heavy atom. The van der Waals surface area contributed by atoms with Crippen LogP contribution in [0.25, 0.3) is 0 Å². The number of halogens is 2. The molecule has 2 heterocycles. The smallest absolute Gasteiger partial charge is 0.240 e. The van der Waals surface area contributed by atoms with Gasteiger partial charge in [0.25, 0.3) is 0 Å². The normalized spacial score (nSPS) is 17.0. The lowest BCUT2D eigenvalue weighted by molar-refractivity contribution is -0.137. The molecule has 1 N–H and O–H groups in total. The first-order valence-corrected chi connectivity index (χ1v) is 15.5. The standard InChI is InChI=1S/C29H31Cl2N4O3S/c1-39(37,38)32-26-8-4-5-9-27(26)33-14-16-34(17-15-33)29(36)28(19-21-10-11-24(30)25(31)18-21)35-13-12-22-6-2-3-7-23(22)20-35/h2-11,13,18,28,32H,12,14-17,19-20H2,1H3/t28-/m1/s1. The lowest BCUT2D eigenvalue weighted by Gasteiger charge is -2.41. The molecule has 0 aromatic heterocycles. The Balaban J connectivity index is 1.34. The van der Waals surface area contributed by atoms with E-state index in [4.69, 9.17) is 23.2 Å². The lowest BCUT2D eigenvalue weighted by atomic mass is 9.95. The summed E-state index contributed by atoms with van der Waals surface area (Å²) in [5, 5.41) is 0.965. The van der Waals surface area contributed by atoms with Gasteiger partial charge in [0.05, 0.1) is 33.7 Å². The maximum absolute atomic E-state index is 14.1. The predicted octanol–water partition coefficient (Wildman–Crippen LogP) is 4.84. The van der Waals surface area contributed by atoms with E-state index in [1.807, 2.05) is 41.3 Å². The molecule has 39 heavy (non-hydrogen) atoms. The fourth-order valence-electron chi connectivity index (χ4n) is 5.28. The van der Waals surface area contributed by atoms with Gasteiger partial charge < -0.3 is 9.80 Å². The van der Waals surface area contributed by atoms with E-state index in [0.717, 1.165) is 23.9 Å². The average molecular weight is 587 g/mol. The van der Waals surface area contributed by atoms with Crippen LogP contribution in [0.5, 0.6) is 0 Å². The Hall–Kier alpha value is -2.78. The van der Waals surface area contributed by atoms with Gasteiger partial charge in [-0.1, -0.05) is 65.7 Å².